The first kappa shape index (κ1) is 14.3. The fourth-order valence-corrected chi connectivity index (χ4v) is 2.84. The van der Waals surface area contributed by atoms with Crippen molar-refractivity contribution in [1.29, 1.82) is 0 Å². The Balaban J connectivity index is 2.47. The van der Waals surface area contributed by atoms with Gasteiger partial charge < -0.3 is 16.2 Å². The molecule has 1 aliphatic carbocycles. The van der Waals surface area contributed by atoms with Gasteiger partial charge in [0.05, 0.1) is 5.56 Å². The van der Waals surface area contributed by atoms with Crippen molar-refractivity contribution < 1.29 is 14.7 Å². The number of carbonyl (C=O) groups is 2. The zero-order valence-corrected chi connectivity index (χ0v) is 11.7. The molecule has 0 saturated heterocycles. The summed E-state index contributed by atoms with van der Waals surface area (Å²) in [5, 5.41) is 12.5. The Hall–Kier alpha value is -2.11. The summed E-state index contributed by atoms with van der Waals surface area (Å²) in [6.07, 6.45) is 2.73. The summed E-state index contributed by atoms with van der Waals surface area (Å²) >= 11 is 0. The fourth-order valence-electron chi connectivity index (χ4n) is 2.84. The molecule has 1 aromatic rings. The SMILES string of the molecule is Cc1cc(C)c(C(N)=O)c(NC2(C(=O)O)CCCC2)n1. The quantitative estimate of drug-likeness (QED) is 0.775. The summed E-state index contributed by atoms with van der Waals surface area (Å²) in [5.74, 6) is -1.23. The Morgan fingerprint density at radius 3 is 2.45 bits per heavy atom. The molecule has 20 heavy (non-hydrogen) atoms. The van der Waals surface area contributed by atoms with Gasteiger partial charge >= 0.3 is 5.97 Å². The summed E-state index contributed by atoms with van der Waals surface area (Å²) in [5.41, 5.74) is 6.03. The number of amides is 1. The van der Waals surface area contributed by atoms with Crippen LogP contribution in [-0.2, 0) is 4.79 Å². The number of primary amides is 1. The molecular weight excluding hydrogens is 258 g/mol. The van der Waals surface area contributed by atoms with Gasteiger partial charge in [-0.3, -0.25) is 4.79 Å². The van der Waals surface area contributed by atoms with Crippen molar-refractivity contribution >= 4 is 17.7 Å². The number of rotatable bonds is 4. The predicted molar refractivity (Wildman–Crippen MR) is 74.7 cm³/mol. The lowest BCUT2D eigenvalue weighted by atomic mass is 9.97. The van der Waals surface area contributed by atoms with E-state index in [0.29, 0.717) is 24.1 Å². The van der Waals surface area contributed by atoms with Crippen LogP contribution in [0.4, 0.5) is 5.82 Å². The number of carboxylic acid groups (broad SMARTS) is 1. The maximum absolute atomic E-state index is 11.6. The predicted octanol–water partition coefficient (Wildman–Crippen LogP) is 1.61. The van der Waals surface area contributed by atoms with Gasteiger partial charge in [-0.25, -0.2) is 9.78 Å². The average molecular weight is 277 g/mol. The molecule has 4 N–H and O–H groups in total. The van der Waals surface area contributed by atoms with E-state index in [1.807, 2.05) is 0 Å². The van der Waals surface area contributed by atoms with E-state index in [1.165, 1.54) is 0 Å². The van der Waals surface area contributed by atoms with Crippen LogP contribution >= 0.6 is 0 Å². The van der Waals surface area contributed by atoms with E-state index in [1.54, 1.807) is 19.9 Å². The highest BCUT2D eigenvalue weighted by Gasteiger charge is 2.42. The lowest BCUT2D eigenvalue weighted by Gasteiger charge is -2.27. The van der Waals surface area contributed by atoms with Crippen molar-refractivity contribution in [3.8, 4) is 0 Å². The van der Waals surface area contributed by atoms with Crippen LogP contribution in [0.5, 0.6) is 0 Å². The zero-order valence-electron chi connectivity index (χ0n) is 11.7. The molecule has 0 aliphatic heterocycles. The van der Waals surface area contributed by atoms with E-state index in [0.717, 1.165) is 12.8 Å². The third-order valence-electron chi connectivity index (χ3n) is 3.82. The van der Waals surface area contributed by atoms with E-state index in [-0.39, 0.29) is 11.4 Å². The molecule has 108 valence electrons. The number of aryl methyl sites for hydroxylation is 2. The summed E-state index contributed by atoms with van der Waals surface area (Å²) in [4.78, 5) is 27.4. The molecule has 1 aromatic heterocycles. The van der Waals surface area contributed by atoms with Crippen LogP contribution in [-0.4, -0.2) is 27.5 Å². The van der Waals surface area contributed by atoms with Crippen LogP contribution in [0.1, 0.15) is 47.3 Å². The number of nitrogens with zero attached hydrogens (tertiary/aromatic N) is 1. The number of aliphatic carboxylic acids is 1. The lowest BCUT2D eigenvalue weighted by Crippen LogP contribution is -2.44. The van der Waals surface area contributed by atoms with Gasteiger partial charge in [-0.15, -0.1) is 0 Å². The first-order valence-corrected chi connectivity index (χ1v) is 6.65. The van der Waals surface area contributed by atoms with Gasteiger partial charge in [0, 0.05) is 5.69 Å². The van der Waals surface area contributed by atoms with Crippen LogP contribution in [0.2, 0.25) is 0 Å². The standard InChI is InChI=1S/C14H19N3O3/c1-8-7-9(2)16-12(10(8)11(15)18)17-14(13(19)20)5-3-4-6-14/h7H,3-6H2,1-2H3,(H2,15,18)(H,16,17)(H,19,20). The van der Waals surface area contributed by atoms with Crippen LogP contribution < -0.4 is 11.1 Å². The molecule has 1 fully saturated rings. The van der Waals surface area contributed by atoms with Gasteiger partial charge in [-0.1, -0.05) is 12.8 Å². The van der Waals surface area contributed by atoms with Crippen molar-refractivity contribution in [1.82, 2.24) is 4.98 Å². The van der Waals surface area contributed by atoms with E-state index in [9.17, 15) is 14.7 Å². The van der Waals surface area contributed by atoms with Gasteiger partial charge in [-0.2, -0.15) is 0 Å². The Morgan fingerprint density at radius 1 is 1.35 bits per heavy atom. The van der Waals surface area contributed by atoms with Gasteiger partial charge in [0.25, 0.3) is 5.91 Å². The Morgan fingerprint density at radius 2 is 1.95 bits per heavy atom. The highest BCUT2D eigenvalue weighted by molar-refractivity contribution is 6.00. The van der Waals surface area contributed by atoms with Gasteiger partial charge in [-0.05, 0) is 38.3 Å². The second kappa shape index (κ2) is 5.11. The third-order valence-corrected chi connectivity index (χ3v) is 3.82. The number of carboxylic acids is 1. The largest absolute Gasteiger partial charge is 0.480 e. The number of hydrogen-bond acceptors (Lipinski definition) is 4. The second-order valence-corrected chi connectivity index (χ2v) is 5.39. The minimum absolute atomic E-state index is 0.267. The van der Waals surface area contributed by atoms with Gasteiger partial charge in [0.1, 0.15) is 11.4 Å². The Kier molecular flexibility index (Phi) is 3.65. The maximum atomic E-state index is 11.6. The topological polar surface area (TPSA) is 105 Å². The molecule has 0 radical (unpaired) electrons. The molecule has 6 heteroatoms. The molecule has 0 bridgehead atoms. The summed E-state index contributed by atoms with van der Waals surface area (Å²) in [6, 6.07) is 1.76. The first-order chi connectivity index (χ1) is 9.35. The van der Waals surface area contributed by atoms with Crippen LogP contribution in [0.25, 0.3) is 0 Å². The molecule has 0 spiro atoms. The highest BCUT2D eigenvalue weighted by atomic mass is 16.4. The lowest BCUT2D eigenvalue weighted by molar-refractivity contribution is -0.142. The number of pyridine rings is 1. The highest BCUT2D eigenvalue weighted by Crippen LogP contribution is 2.34. The normalized spacial score (nSPS) is 16.9. The van der Waals surface area contributed by atoms with E-state index >= 15 is 0 Å². The molecular formula is C14H19N3O3. The number of aromatic nitrogens is 1. The third kappa shape index (κ3) is 2.45. The number of hydrogen-bond donors (Lipinski definition) is 3. The molecule has 1 saturated carbocycles. The Labute approximate surface area is 117 Å². The van der Waals surface area contributed by atoms with E-state index in [2.05, 4.69) is 10.3 Å². The van der Waals surface area contributed by atoms with Crippen molar-refractivity contribution in [2.24, 2.45) is 5.73 Å². The maximum Gasteiger partial charge on any atom is 0.329 e. The summed E-state index contributed by atoms with van der Waals surface area (Å²) < 4.78 is 0. The van der Waals surface area contributed by atoms with Crippen molar-refractivity contribution in [3.05, 3.63) is 22.9 Å². The number of anilines is 1. The molecule has 2 rings (SSSR count). The van der Waals surface area contributed by atoms with Crippen LogP contribution in [0.3, 0.4) is 0 Å². The molecule has 1 aliphatic rings. The minimum Gasteiger partial charge on any atom is -0.480 e. The van der Waals surface area contributed by atoms with Gasteiger partial charge in [0.2, 0.25) is 0 Å². The van der Waals surface area contributed by atoms with Crippen LogP contribution in [0, 0.1) is 13.8 Å². The smallest absolute Gasteiger partial charge is 0.329 e. The zero-order chi connectivity index (χ0) is 14.9. The summed E-state index contributed by atoms with van der Waals surface area (Å²) in [6.45, 7) is 3.56. The van der Waals surface area contributed by atoms with Crippen molar-refractivity contribution in [3.63, 3.8) is 0 Å². The molecule has 0 atom stereocenters. The summed E-state index contributed by atoms with van der Waals surface area (Å²) in [7, 11) is 0. The molecule has 0 aromatic carbocycles. The fraction of sp³-hybridized carbons (Fsp3) is 0.500. The first-order valence-electron chi connectivity index (χ1n) is 6.65. The molecule has 6 nitrogen and oxygen atoms in total. The van der Waals surface area contributed by atoms with E-state index < -0.39 is 17.4 Å². The minimum atomic E-state index is -1.04. The molecule has 0 unspecified atom stereocenters. The number of carbonyl (C=O) groups excluding carboxylic acids is 1. The van der Waals surface area contributed by atoms with Gasteiger partial charge in [0.15, 0.2) is 0 Å². The van der Waals surface area contributed by atoms with Crippen LogP contribution in [0.15, 0.2) is 6.07 Å². The average Bonchev–Trinajstić information content (AvgIpc) is 2.77. The molecule has 1 heterocycles. The number of nitrogens with two attached hydrogens (primary N) is 1. The Bertz CT molecular complexity index is 563. The van der Waals surface area contributed by atoms with Crippen molar-refractivity contribution in [2.75, 3.05) is 5.32 Å². The second-order valence-electron chi connectivity index (χ2n) is 5.39. The van der Waals surface area contributed by atoms with E-state index in [4.69, 9.17) is 5.73 Å². The monoisotopic (exact) mass is 277 g/mol. The van der Waals surface area contributed by atoms with Crippen molar-refractivity contribution in [2.45, 2.75) is 45.1 Å². The molecule has 1 amide bonds. The number of nitrogens with one attached hydrogen (secondary N) is 1.